The molecule has 6 heteroatoms. The van der Waals surface area contributed by atoms with Gasteiger partial charge < -0.3 is 10.5 Å². The molecular weight excluding hydrogens is 288 g/mol. The molecule has 1 aromatic rings. The average molecular weight is 312 g/mol. The van der Waals surface area contributed by atoms with Crippen molar-refractivity contribution in [2.75, 3.05) is 13.2 Å². The minimum atomic E-state index is -3.52. The van der Waals surface area contributed by atoms with Gasteiger partial charge in [0.1, 0.15) is 5.75 Å². The number of nitrogens with one attached hydrogen (secondary N) is 1. The Morgan fingerprint density at radius 1 is 1.43 bits per heavy atom. The summed E-state index contributed by atoms with van der Waals surface area (Å²) < 4.78 is 33.1. The molecule has 0 bridgehead atoms. The summed E-state index contributed by atoms with van der Waals surface area (Å²) >= 11 is 0. The van der Waals surface area contributed by atoms with E-state index in [0.717, 1.165) is 43.4 Å². The number of nitrogens with two attached hydrogens (primary N) is 1. The number of ether oxygens (including phenoxy) is 1. The number of hydrogen-bond acceptors (Lipinski definition) is 4. The van der Waals surface area contributed by atoms with Crippen LogP contribution < -0.4 is 15.2 Å². The molecule has 0 saturated carbocycles. The van der Waals surface area contributed by atoms with Crippen LogP contribution in [0, 0.1) is 0 Å². The van der Waals surface area contributed by atoms with Crippen molar-refractivity contribution in [3.63, 3.8) is 0 Å². The Kier molecular flexibility index (Phi) is 5.61. The van der Waals surface area contributed by atoms with Gasteiger partial charge in [-0.3, -0.25) is 0 Å². The van der Waals surface area contributed by atoms with Gasteiger partial charge in [-0.15, -0.1) is 0 Å². The van der Waals surface area contributed by atoms with Crippen molar-refractivity contribution < 1.29 is 13.2 Å². The molecule has 21 heavy (non-hydrogen) atoms. The zero-order valence-corrected chi connectivity index (χ0v) is 13.3. The third-order valence-corrected chi connectivity index (χ3v) is 5.22. The summed E-state index contributed by atoms with van der Waals surface area (Å²) in [5, 5.41) is 0. The van der Waals surface area contributed by atoms with Gasteiger partial charge >= 0.3 is 0 Å². The SMILES string of the molecule is CCCCC(CN)NS(=O)(=O)c1ccc2c(c1)CCCO2. The van der Waals surface area contributed by atoms with Gasteiger partial charge in [0.25, 0.3) is 0 Å². The normalized spacial score (nSPS) is 16.1. The van der Waals surface area contributed by atoms with E-state index in [1.807, 2.05) is 0 Å². The maximum absolute atomic E-state index is 12.4. The Hall–Kier alpha value is -1.11. The monoisotopic (exact) mass is 312 g/mol. The van der Waals surface area contributed by atoms with Crippen LogP contribution in [0.1, 0.15) is 38.2 Å². The highest BCUT2D eigenvalue weighted by Crippen LogP contribution is 2.27. The van der Waals surface area contributed by atoms with Crippen molar-refractivity contribution in [1.82, 2.24) is 4.72 Å². The number of hydrogen-bond donors (Lipinski definition) is 2. The third-order valence-electron chi connectivity index (χ3n) is 3.70. The Morgan fingerprint density at radius 3 is 2.95 bits per heavy atom. The predicted molar refractivity (Wildman–Crippen MR) is 82.9 cm³/mol. The van der Waals surface area contributed by atoms with E-state index in [4.69, 9.17) is 10.5 Å². The van der Waals surface area contributed by atoms with Crippen LogP contribution in [0.3, 0.4) is 0 Å². The molecule has 0 radical (unpaired) electrons. The highest BCUT2D eigenvalue weighted by atomic mass is 32.2. The smallest absolute Gasteiger partial charge is 0.240 e. The first-order valence-electron chi connectivity index (χ1n) is 7.55. The lowest BCUT2D eigenvalue weighted by molar-refractivity contribution is 0.288. The van der Waals surface area contributed by atoms with E-state index in [1.165, 1.54) is 0 Å². The topological polar surface area (TPSA) is 81.4 Å². The zero-order valence-electron chi connectivity index (χ0n) is 12.5. The maximum atomic E-state index is 12.4. The summed E-state index contributed by atoms with van der Waals surface area (Å²) in [6.45, 7) is 3.09. The molecule has 0 saturated heterocycles. The average Bonchev–Trinajstić information content (AvgIpc) is 2.50. The van der Waals surface area contributed by atoms with E-state index >= 15 is 0 Å². The van der Waals surface area contributed by atoms with Gasteiger partial charge in [-0.25, -0.2) is 13.1 Å². The molecule has 0 aliphatic carbocycles. The first kappa shape index (κ1) is 16.3. The fourth-order valence-electron chi connectivity index (χ4n) is 2.47. The molecule has 118 valence electrons. The van der Waals surface area contributed by atoms with E-state index < -0.39 is 10.0 Å². The summed E-state index contributed by atoms with van der Waals surface area (Å²) in [6, 6.07) is 4.85. The molecule has 0 fully saturated rings. The van der Waals surface area contributed by atoms with Gasteiger partial charge in [0, 0.05) is 12.6 Å². The van der Waals surface area contributed by atoms with E-state index in [-0.39, 0.29) is 6.04 Å². The molecule has 1 aromatic carbocycles. The molecule has 5 nitrogen and oxygen atoms in total. The summed E-state index contributed by atoms with van der Waals surface area (Å²) in [5.41, 5.74) is 6.62. The van der Waals surface area contributed by atoms with Gasteiger partial charge in [-0.2, -0.15) is 0 Å². The lowest BCUT2D eigenvalue weighted by atomic mass is 10.1. The molecular formula is C15H24N2O3S. The number of sulfonamides is 1. The molecule has 2 rings (SSSR count). The molecule has 1 aliphatic rings. The van der Waals surface area contributed by atoms with Gasteiger partial charge in [0.15, 0.2) is 0 Å². The van der Waals surface area contributed by atoms with Crippen LogP contribution in [-0.2, 0) is 16.4 Å². The fraction of sp³-hybridized carbons (Fsp3) is 0.600. The Labute approximate surface area is 126 Å². The second-order valence-corrected chi connectivity index (χ2v) is 7.13. The largest absolute Gasteiger partial charge is 0.493 e. The molecule has 1 atom stereocenters. The van der Waals surface area contributed by atoms with Crippen LogP contribution in [-0.4, -0.2) is 27.6 Å². The Balaban J connectivity index is 2.15. The van der Waals surface area contributed by atoms with Gasteiger partial charge in [-0.1, -0.05) is 19.8 Å². The lowest BCUT2D eigenvalue weighted by Crippen LogP contribution is -2.40. The van der Waals surface area contributed by atoms with Gasteiger partial charge in [0.2, 0.25) is 10.0 Å². The quantitative estimate of drug-likeness (QED) is 0.804. The van der Waals surface area contributed by atoms with Crippen LogP contribution >= 0.6 is 0 Å². The van der Waals surface area contributed by atoms with E-state index in [2.05, 4.69) is 11.6 Å². The lowest BCUT2D eigenvalue weighted by Gasteiger charge is -2.20. The Morgan fingerprint density at radius 2 is 2.24 bits per heavy atom. The van der Waals surface area contributed by atoms with Crippen LogP contribution in [0.2, 0.25) is 0 Å². The molecule has 0 aromatic heterocycles. The molecule has 1 heterocycles. The van der Waals surface area contributed by atoms with Gasteiger partial charge in [-0.05, 0) is 43.0 Å². The fourth-order valence-corrected chi connectivity index (χ4v) is 3.80. The minimum absolute atomic E-state index is 0.206. The minimum Gasteiger partial charge on any atom is -0.493 e. The second kappa shape index (κ2) is 7.24. The highest BCUT2D eigenvalue weighted by Gasteiger charge is 2.21. The van der Waals surface area contributed by atoms with Crippen molar-refractivity contribution >= 4 is 10.0 Å². The van der Waals surface area contributed by atoms with Crippen LogP contribution in [0.4, 0.5) is 0 Å². The maximum Gasteiger partial charge on any atom is 0.240 e. The molecule has 1 unspecified atom stereocenters. The predicted octanol–water partition coefficient (Wildman–Crippen LogP) is 1.81. The first-order valence-corrected chi connectivity index (χ1v) is 9.03. The van der Waals surface area contributed by atoms with Crippen molar-refractivity contribution in [2.45, 2.75) is 50.0 Å². The number of unbranched alkanes of at least 4 members (excludes halogenated alkanes) is 1. The van der Waals surface area contributed by atoms with Crippen LogP contribution in [0.15, 0.2) is 23.1 Å². The molecule has 1 aliphatic heterocycles. The van der Waals surface area contributed by atoms with E-state index in [9.17, 15) is 8.42 Å². The standard InChI is InChI=1S/C15H24N2O3S/c1-2-3-6-13(11-16)17-21(18,19)14-7-8-15-12(10-14)5-4-9-20-15/h7-8,10,13,17H,2-6,9,11,16H2,1H3. The molecule has 3 N–H and O–H groups in total. The first-order chi connectivity index (χ1) is 10.1. The van der Waals surface area contributed by atoms with E-state index in [0.29, 0.717) is 18.0 Å². The summed E-state index contributed by atoms with van der Waals surface area (Å²) in [7, 11) is -3.52. The second-order valence-electron chi connectivity index (χ2n) is 5.42. The number of rotatable bonds is 7. The molecule has 0 spiro atoms. The summed E-state index contributed by atoms with van der Waals surface area (Å²) in [5.74, 6) is 0.793. The van der Waals surface area contributed by atoms with Crippen LogP contribution in [0.25, 0.3) is 0 Å². The summed E-state index contributed by atoms with van der Waals surface area (Å²) in [4.78, 5) is 0.293. The molecule has 0 amide bonds. The van der Waals surface area contributed by atoms with Gasteiger partial charge in [0.05, 0.1) is 11.5 Å². The zero-order chi connectivity index (χ0) is 15.3. The highest BCUT2D eigenvalue weighted by molar-refractivity contribution is 7.89. The summed E-state index contributed by atoms with van der Waals surface area (Å²) in [6.07, 6.45) is 4.53. The van der Waals surface area contributed by atoms with Crippen molar-refractivity contribution in [1.29, 1.82) is 0 Å². The number of benzene rings is 1. The number of fused-ring (bicyclic) bond motifs is 1. The van der Waals surface area contributed by atoms with Crippen molar-refractivity contribution in [3.05, 3.63) is 23.8 Å². The van der Waals surface area contributed by atoms with Crippen molar-refractivity contribution in [2.24, 2.45) is 5.73 Å². The number of aryl methyl sites for hydroxylation is 1. The Bertz CT molecular complexity index is 572. The van der Waals surface area contributed by atoms with Crippen molar-refractivity contribution in [3.8, 4) is 5.75 Å². The van der Waals surface area contributed by atoms with E-state index in [1.54, 1.807) is 18.2 Å². The third kappa shape index (κ3) is 4.18. The van der Waals surface area contributed by atoms with Crippen LogP contribution in [0.5, 0.6) is 5.75 Å².